The normalized spacial score (nSPS) is 10.3. The van der Waals surface area contributed by atoms with Crippen LogP contribution < -0.4 is 5.32 Å². The van der Waals surface area contributed by atoms with Gasteiger partial charge in [0.15, 0.2) is 0 Å². The summed E-state index contributed by atoms with van der Waals surface area (Å²) in [5.74, 6) is -0.251. The minimum Gasteiger partial charge on any atom is -0.386 e. The zero-order chi connectivity index (χ0) is 10.8. The van der Waals surface area contributed by atoms with E-state index in [-0.39, 0.29) is 5.82 Å². The fraction of sp³-hybridized carbons (Fsp3) is 0.182. The van der Waals surface area contributed by atoms with Crippen LogP contribution >= 0.6 is 0 Å². The number of rotatable bonds is 2. The van der Waals surface area contributed by atoms with Gasteiger partial charge in [0.1, 0.15) is 5.82 Å². The fourth-order valence-corrected chi connectivity index (χ4v) is 1.47. The average Bonchev–Trinajstić information content (AvgIpc) is 2.65. The summed E-state index contributed by atoms with van der Waals surface area (Å²) in [5.41, 5.74) is 2.25. The molecule has 0 spiro atoms. The molecule has 1 aromatic heterocycles. The Kier molecular flexibility index (Phi) is 2.41. The van der Waals surface area contributed by atoms with Crippen molar-refractivity contribution < 1.29 is 4.39 Å². The third-order valence-corrected chi connectivity index (χ3v) is 2.28. The summed E-state index contributed by atoms with van der Waals surface area (Å²) in [6, 6.07) is 5.09. The Morgan fingerprint density at radius 1 is 1.33 bits per heavy atom. The molecular weight excluding hydrogens is 193 g/mol. The molecule has 1 heterocycles. The van der Waals surface area contributed by atoms with Crippen molar-refractivity contribution in [3.05, 3.63) is 36.4 Å². The molecule has 0 unspecified atom stereocenters. The summed E-state index contributed by atoms with van der Waals surface area (Å²) in [6.07, 6.45) is 3.57. The first kappa shape index (κ1) is 9.71. The Hall–Kier alpha value is -1.84. The molecule has 0 aliphatic rings. The van der Waals surface area contributed by atoms with Gasteiger partial charge in [-0.1, -0.05) is 6.07 Å². The molecule has 0 bridgehead atoms. The topological polar surface area (TPSA) is 29.9 Å². The SMILES string of the molecule is CNc1ccc(-c2cnn(C)c2)cc1F. The second-order valence-electron chi connectivity index (χ2n) is 3.35. The summed E-state index contributed by atoms with van der Waals surface area (Å²) < 4.78 is 15.1. The van der Waals surface area contributed by atoms with Crippen molar-refractivity contribution in [2.45, 2.75) is 0 Å². The van der Waals surface area contributed by atoms with Gasteiger partial charge in [-0.05, 0) is 17.7 Å². The van der Waals surface area contributed by atoms with E-state index in [0.717, 1.165) is 11.1 Å². The number of anilines is 1. The van der Waals surface area contributed by atoms with Crippen LogP contribution in [0.1, 0.15) is 0 Å². The summed E-state index contributed by atoms with van der Waals surface area (Å²) in [6.45, 7) is 0. The predicted molar refractivity (Wildman–Crippen MR) is 58.1 cm³/mol. The van der Waals surface area contributed by atoms with Crippen LogP contribution in [0.4, 0.5) is 10.1 Å². The van der Waals surface area contributed by atoms with E-state index in [1.54, 1.807) is 24.0 Å². The van der Waals surface area contributed by atoms with Crippen molar-refractivity contribution in [1.29, 1.82) is 0 Å². The molecule has 0 aliphatic carbocycles. The number of hydrogen-bond donors (Lipinski definition) is 1. The van der Waals surface area contributed by atoms with Gasteiger partial charge in [-0.3, -0.25) is 4.68 Å². The van der Waals surface area contributed by atoms with Crippen LogP contribution in [0, 0.1) is 5.82 Å². The zero-order valence-electron chi connectivity index (χ0n) is 8.66. The molecule has 15 heavy (non-hydrogen) atoms. The standard InChI is InChI=1S/C11H12FN3/c1-13-11-4-3-8(5-10(11)12)9-6-14-15(2)7-9/h3-7,13H,1-2H3. The maximum atomic E-state index is 13.5. The first-order valence-corrected chi connectivity index (χ1v) is 4.67. The summed E-state index contributed by atoms with van der Waals surface area (Å²) in [5, 5.41) is 6.83. The first-order valence-electron chi connectivity index (χ1n) is 4.67. The van der Waals surface area contributed by atoms with Gasteiger partial charge in [0.2, 0.25) is 0 Å². The first-order chi connectivity index (χ1) is 7.20. The number of hydrogen-bond acceptors (Lipinski definition) is 2. The van der Waals surface area contributed by atoms with Crippen molar-refractivity contribution in [2.24, 2.45) is 7.05 Å². The van der Waals surface area contributed by atoms with E-state index < -0.39 is 0 Å². The Labute approximate surface area is 87.5 Å². The average molecular weight is 205 g/mol. The largest absolute Gasteiger partial charge is 0.386 e. The maximum Gasteiger partial charge on any atom is 0.146 e. The highest BCUT2D eigenvalue weighted by Crippen LogP contribution is 2.23. The van der Waals surface area contributed by atoms with E-state index in [0.29, 0.717) is 5.69 Å². The lowest BCUT2D eigenvalue weighted by atomic mass is 10.1. The zero-order valence-corrected chi connectivity index (χ0v) is 8.66. The minimum absolute atomic E-state index is 0.251. The summed E-state index contributed by atoms with van der Waals surface area (Å²) >= 11 is 0. The summed E-state index contributed by atoms with van der Waals surface area (Å²) in [7, 11) is 3.53. The highest BCUT2D eigenvalue weighted by Gasteiger charge is 2.04. The van der Waals surface area contributed by atoms with Gasteiger partial charge in [-0.2, -0.15) is 5.10 Å². The lowest BCUT2D eigenvalue weighted by Crippen LogP contribution is -1.92. The monoisotopic (exact) mass is 205 g/mol. The van der Waals surface area contributed by atoms with Crippen molar-refractivity contribution in [1.82, 2.24) is 9.78 Å². The van der Waals surface area contributed by atoms with Crippen molar-refractivity contribution in [2.75, 3.05) is 12.4 Å². The number of halogens is 1. The van der Waals surface area contributed by atoms with Gasteiger partial charge in [0, 0.05) is 25.9 Å². The van der Waals surface area contributed by atoms with Gasteiger partial charge in [-0.15, -0.1) is 0 Å². The smallest absolute Gasteiger partial charge is 0.146 e. The van der Waals surface area contributed by atoms with Crippen molar-refractivity contribution >= 4 is 5.69 Å². The second kappa shape index (κ2) is 3.73. The van der Waals surface area contributed by atoms with E-state index in [1.165, 1.54) is 6.07 Å². The fourth-order valence-electron chi connectivity index (χ4n) is 1.47. The predicted octanol–water partition coefficient (Wildman–Crippen LogP) is 2.27. The lowest BCUT2D eigenvalue weighted by molar-refractivity contribution is 0.632. The molecule has 0 fully saturated rings. The van der Waals surface area contributed by atoms with Gasteiger partial charge < -0.3 is 5.32 Å². The van der Waals surface area contributed by atoms with E-state index >= 15 is 0 Å². The quantitative estimate of drug-likeness (QED) is 0.815. The molecule has 1 aromatic carbocycles. The third kappa shape index (κ3) is 1.83. The van der Waals surface area contributed by atoms with E-state index in [1.807, 2.05) is 19.3 Å². The Morgan fingerprint density at radius 3 is 2.67 bits per heavy atom. The molecule has 0 amide bonds. The molecule has 0 atom stereocenters. The Morgan fingerprint density at radius 2 is 2.13 bits per heavy atom. The Bertz CT molecular complexity index is 476. The molecule has 2 aromatic rings. The van der Waals surface area contributed by atoms with Crippen LogP contribution in [0.3, 0.4) is 0 Å². The molecule has 0 aliphatic heterocycles. The van der Waals surface area contributed by atoms with Gasteiger partial charge in [0.05, 0.1) is 11.9 Å². The van der Waals surface area contributed by atoms with Gasteiger partial charge in [-0.25, -0.2) is 4.39 Å². The molecule has 0 radical (unpaired) electrons. The number of nitrogens with zero attached hydrogens (tertiary/aromatic N) is 2. The molecule has 4 heteroatoms. The highest BCUT2D eigenvalue weighted by molar-refractivity contribution is 5.65. The van der Waals surface area contributed by atoms with Crippen LogP contribution in [0.25, 0.3) is 11.1 Å². The lowest BCUT2D eigenvalue weighted by Gasteiger charge is -2.03. The minimum atomic E-state index is -0.251. The van der Waals surface area contributed by atoms with Crippen molar-refractivity contribution in [3.8, 4) is 11.1 Å². The third-order valence-electron chi connectivity index (χ3n) is 2.28. The number of aromatic nitrogens is 2. The van der Waals surface area contributed by atoms with Gasteiger partial charge in [0.25, 0.3) is 0 Å². The molecule has 2 rings (SSSR count). The van der Waals surface area contributed by atoms with E-state index in [9.17, 15) is 4.39 Å². The Balaban J connectivity index is 2.42. The van der Waals surface area contributed by atoms with E-state index in [4.69, 9.17) is 0 Å². The molecule has 0 saturated heterocycles. The van der Waals surface area contributed by atoms with Crippen LogP contribution in [0.15, 0.2) is 30.6 Å². The molecule has 3 nitrogen and oxygen atoms in total. The highest BCUT2D eigenvalue weighted by atomic mass is 19.1. The molecule has 78 valence electrons. The van der Waals surface area contributed by atoms with Crippen LogP contribution in [0.5, 0.6) is 0 Å². The van der Waals surface area contributed by atoms with Gasteiger partial charge >= 0.3 is 0 Å². The van der Waals surface area contributed by atoms with Crippen LogP contribution in [-0.4, -0.2) is 16.8 Å². The van der Waals surface area contributed by atoms with E-state index in [2.05, 4.69) is 10.4 Å². The number of nitrogens with one attached hydrogen (secondary N) is 1. The van der Waals surface area contributed by atoms with Crippen LogP contribution in [0.2, 0.25) is 0 Å². The second-order valence-corrected chi connectivity index (χ2v) is 3.35. The van der Waals surface area contributed by atoms with Crippen molar-refractivity contribution in [3.63, 3.8) is 0 Å². The van der Waals surface area contributed by atoms with Crippen LogP contribution in [-0.2, 0) is 7.05 Å². The maximum absolute atomic E-state index is 13.5. The summed E-state index contributed by atoms with van der Waals surface area (Å²) in [4.78, 5) is 0. The molecule has 1 N–H and O–H groups in total. The molecule has 0 saturated carbocycles. The number of aryl methyl sites for hydroxylation is 1. The molecular formula is C11H12FN3. The number of benzene rings is 1.